The summed E-state index contributed by atoms with van der Waals surface area (Å²) in [5.41, 5.74) is 0.626. The van der Waals surface area contributed by atoms with Crippen LogP contribution in [-0.2, 0) is 12.6 Å². The maximum atomic E-state index is 12.7. The lowest BCUT2D eigenvalue weighted by molar-refractivity contribution is -0.157. The Morgan fingerprint density at radius 1 is 0.897 bits per heavy atom. The molecule has 4 N–H and O–H groups in total. The number of alkyl halides is 3. The number of aliphatic hydroxyl groups is 4. The van der Waals surface area contributed by atoms with Crippen LogP contribution in [0.1, 0.15) is 23.1 Å². The van der Waals surface area contributed by atoms with Crippen LogP contribution in [0.5, 0.6) is 5.75 Å². The summed E-state index contributed by atoms with van der Waals surface area (Å²) in [6.07, 6.45) is -8.84. The van der Waals surface area contributed by atoms with E-state index in [9.17, 15) is 33.6 Å². The molecule has 0 saturated heterocycles. The molecule has 0 heterocycles. The number of para-hydroxylation sites is 1. The number of halogens is 3. The zero-order valence-corrected chi connectivity index (χ0v) is 15.5. The lowest BCUT2D eigenvalue weighted by Gasteiger charge is -2.39. The molecule has 0 aromatic heterocycles. The van der Waals surface area contributed by atoms with Crippen molar-refractivity contribution in [3.8, 4) is 5.75 Å². The normalized spacial score (nSPS) is 27.6. The van der Waals surface area contributed by atoms with Gasteiger partial charge in [0.05, 0.1) is 11.7 Å². The van der Waals surface area contributed by atoms with Crippen molar-refractivity contribution in [3.63, 3.8) is 0 Å². The average molecular weight is 412 g/mol. The van der Waals surface area contributed by atoms with Crippen molar-refractivity contribution in [2.75, 3.05) is 6.61 Å². The third-order valence-electron chi connectivity index (χ3n) is 5.26. The Kier molecular flexibility index (Phi) is 6.48. The SMILES string of the molecule is OC[C@H]1C[C@@H](Oc2ccccc2Cc2ccc(C(F)(F)F)cc2)[C@H](O)[C@@H](O)[C@@H]1O. The Balaban J connectivity index is 1.77. The fraction of sp³-hybridized carbons (Fsp3) is 0.429. The molecular formula is C21H23F3O5. The molecule has 1 aliphatic carbocycles. The minimum absolute atomic E-state index is 0.143. The first-order chi connectivity index (χ1) is 13.7. The topological polar surface area (TPSA) is 90.2 Å². The molecule has 0 radical (unpaired) electrons. The minimum atomic E-state index is -4.40. The van der Waals surface area contributed by atoms with Gasteiger partial charge in [0.15, 0.2) is 0 Å². The van der Waals surface area contributed by atoms with E-state index in [1.165, 1.54) is 12.1 Å². The first-order valence-corrected chi connectivity index (χ1v) is 9.26. The molecule has 5 nitrogen and oxygen atoms in total. The Labute approximate surface area is 166 Å². The van der Waals surface area contributed by atoms with Gasteiger partial charge < -0.3 is 25.2 Å². The summed E-state index contributed by atoms with van der Waals surface area (Å²) < 4.78 is 44.1. The fourth-order valence-electron chi connectivity index (χ4n) is 3.54. The summed E-state index contributed by atoms with van der Waals surface area (Å²) in [4.78, 5) is 0. The standard InChI is InChI=1S/C21H23F3O5/c22-21(23,24)15-7-5-12(6-8-15)9-13-3-1-2-4-16(13)29-17-10-14(11-25)18(26)20(28)19(17)27/h1-8,14,17-20,25-28H,9-11H2/t14-,17-,18-,19+,20+/m1/s1. The van der Waals surface area contributed by atoms with E-state index in [4.69, 9.17) is 4.74 Å². The van der Waals surface area contributed by atoms with Crippen LogP contribution in [-0.4, -0.2) is 51.4 Å². The molecule has 2 aromatic rings. The van der Waals surface area contributed by atoms with Crippen molar-refractivity contribution in [2.24, 2.45) is 5.92 Å². The van der Waals surface area contributed by atoms with Crippen molar-refractivity contribution in [3.05, 3.63) is 65.2 Å². The molecule has 0 amide bonds. The van der Waals surface area contributed by atoms with E-state index in [1.54, 1.807) is 24.3 Å². The smallest absolute Gasteiger partial charge is 0.416 e. The van der Waals surface area contributed by atoms with Crippen molar-refractivity contribution in [2.45, 2.75) is 43.4 Å². The van der Waals surface area contributed by atoms with Crippen LogP contribution in [0.15, 0.2) is 48.5 Å². The summed E-state index contributed by atoms with van der Waals surface area (Å²) in [5.74, 6) is -0.225. The summed E-state index contributed by atoms with van der Waals surface area (Å²) in [6, 6.07) is 11.7. The van der Waals surface area contributed by atoms with Crippen LogP contribution < -0.4 is 4.74 Å². The summed E-state index contributed by atoms with van der Waals surface area (Å²) >= 11 is 0. The molecule has 3 rings (SSSR count). The molecule has 5 atom stereocenters. The molecule has 1 saturated carbocycles. The summed E-state index contributed by atoms with van der Waals surface area (Å²) in [5, 5.41) is 39.6. The number of benzene rings is 2. The molecule has 1 fully saturated rings. The van der Waals surface area contributed by atoms with Crippen LogP contribution in [0, 0.1) is 5.92 Å². The molecule has 0 unspecified atom stereocenters. The maximum Gasteiger partial charge on any atom is 0.416 e. The number of aliphatic hydroxyl groups excluding tert-OH is 4. The van der Waals surface area contributed by atoms with Crippen molar-refractivity contribution in [1.82, 2.24) is 0 Å². The Bertz CT molecular complexity index is 807. The zero-order valence-electron chi connectivity index (χ0n) is 15.5. The Morgan fingerprint density at radius 2 is 1.55 bits per heavy atom. The van der Waals surface area contributed by atoms with E-state index in [0.29, 0.717) is 23.3 Å². The first-order valence-electron chi connectivity index (χ1n) is 9.26. The van der Waals surface area contributed by atoms with Crippen LogP contribution in [0.2, 0.25) is 0 Å². The molecular weight excluding hydrogens is 389 g/mol. The average Bonchev–Trinajstić information content (AvgIpc) is 2.69. The van der Waals surface area contributed by atoms with Crippen LogP contribution in [0.25, 0.3) is 0 Å². The van der Waals surface area contributed by atoms with Crippen LogP contribution >= 0.6 is 0 Å². The Morgan fingerprint density at radius 3 is 2.17 bits per heavy atom. The largest absolute Gasteiger partial charge is 0.487 e. The second-order valence-corrected chi connectivity index (χ2v) is 7.29. The highest BCUT2D eigenvalue weighted by molar-refractivity contribution is 5.38. The molecule has 158 valence electrons. The molecule has 2 aromatic carbocycles. The van der Waals surface area contributed by atoms with Gasteiger partial charge in [0.1, 0.15) is 24.1 Å². The maximum absolute atomic E-state index is 12.7. The number of ether oxygens (including phenoxy) is 1. The van der Waals surface area contributed by atoms with Gasteiger partial charge in [-0.05, 0) is 35.7 Å². The Hall–Kier alpha value is -2.13. The molecule has 0 spiro atoms. The molecule has 0 aliphatic heterocycles. The third-order valence-corrected chi connectivity index (χ3v) is 5.26. The summed E-state index contributed by atoms with van der Waals surface area (Å²) in [7, 11) is 0. The first kappa shape index (κ1) is 21.6. The van der Waals surface area contributed by atoms with E-state index >= 15 is 0 Å². The second kappa shape index (κ2) is 8.71. The van der Waals surface area contributed by atoms with Gasteiger partial charge >= 0.3 is 6.18 Å². The van der Waals surface area contributed by atoms with Crippen molar-refractivity contribution in [1.29, 1.82) is 0 Å². The van der Waals surface area contributed by atoms with E-state index in [1.807, 2.05) is 0 Å². The number of hydrogen-bond acceptors (Lipinski definition) is 5. The monoisotopic (exact) mass is 412 g/mol. The van der Waals surface area contributed by atoms with Gasteiger partial charge in [-0.1, -0.05) is 30.3 Å². The second-order valence-electron chi connectivity index (χ2n) is 7.29. The van der Waals surface area contributed by atoms with Crippen molar-refractivity contribution >= 4 is 0 Å². The van der Waals surface area contributed by atoms with Crippen LogP contribution in [0.3, 0.4) is 0 Å². The fourth-order valence-corrected chi connectivity index (χ4v) is 3.54. The lowest BCUT2D eigenvalue weighted by Crippen LogP contribution is -2.56. The molecule has 1 aliphatic rings. The van der Waals surface area contributed by atoms with E-state index in [2.05, 4.69) is 0 Å². The number of rotatable bonds is 5. The minimum Gasteiger partial charge on any atom is -0.487 e. The lowest BCUT2D eigenvalue weighted by atomic mass is 9.81. The van der Waals surface area contributed by atoms with Crippen LogP contribution in [0.4, 0.5) is 13.2 Å². The quantitative estimate of drug-likeness (QED) is 0.604. The van der Waals surface area contributed by atoms with Gasteiger partial charge in [0.2, 0.25) is 0 Å². The highest BCUT2D eigenvalue weighted by atomic mass is 19.4. The number of hydrogen-bond donors (Lipinski definition) is 4. The molecule has 8 heteroatoms. The van der Waals surface area contributed by atoms with Crippen molar-refractivity contribution < 1.29 is 38.3 Å². The van der Waals surface area contributed by atoms with Gasteiger partial charge in [0, 0.05) is 18.9 Å². The predicted molar refractivity (Wildman–Crippen MR) is 98.3 cm³/mol. The van der Waals surface area contributed by atoms with Gasteiger partial charge in [-0.3, -0.25) is 0 Å². The van der Waals surface area contributed by atoms with Gasteiger partial charge in [-0.15, -0.1) is 0 Å². The highest BCUT2D eigenvalue weighted by Gasteiger charge is 2.43. The highest BCUT2D eigenvalue weighted by Crippen LogP contribution is 2.32. The zero-order chi connectivity index (χ0) is 21.2. The molecule has 29 heavy (non-hydrogen) atoms. The van der Waals surface area contributed by atoms with E-state index in [0.717, 1.165) is 12.1 Å². The van der Waals surface area contributed by atoms with Gasteiger partial charge in [0.25, 0.3) is 0 Å². The summed E-state index contributed by atoms with van der Waals surface area (Å²) in [6.45, 7) is -0.363. The third kappa shape index (κ3) is 4.90. The molecule has 0 bridgehead atoms. The van der Waals surface area contributed by atoms with Gasteiger partial charge in [-0.2, -0.15) is 13.2 Å². The predicted octanol–water partition coefficient (Wildman–Crippen LogP) is 2.14. The van der Waals surface area contributed by atoms with E-state index < -0.39 is 42.1 Å². The van der Waals surface area contributed by atoms with E-state index in [-0.39, 0.29) is 13.0 Å². The van der Waals surface area contributed by atoms with Gasteiger partial charge in [-0.25, -0.2) is 0 Å².